The average Bonchev–Trinajstić information content (AvgIpc) is 2.30. The first-order valence-electron chi connectivity index (χ1n) is 5.04. The first-order chi connectivity index (χ1) is 8.49. The summed E-state index contributed by atoms with van der Waals surface area (Å²) in [6.45, 7) is 0. The number of nitrogens with two attached hydrogens (primary N) is 1. The lowest BCUT2D eigenvalue weighted by atomic mass is 10.0. The number of hydrogen-bond acceptors (Lipinski definition) is 2. The van der Waals surface area contributed by atoms with Gasteiger partial charge in [-0.3, -0.25) is 4.79 Å². The van der Waals surface area contributed by atoms with Crippen molar-refractivity contribution in [2.75, 3.05) is 5.73 Å². The van der Waals surface area contributed by atoms with Gasteiger partial charge in [-0.2, -0.15) is 0 Å². The molecule has 2 aromatic rings. The third-order valence-corrected chi connectivity index (χ3v) is 2.84. The molecular weight excluding hydrogens is 304 g/mol. The second kappa shape index (κ2) is 4.86. The van der Waals surface area contributed by atoms with E-state index in [2.05, 4.69) is 15.9 Å². The van der Waals surface area contributed by atoms with Gasteiger partial charge >= 0.3 is 0 Å². The number of halogens is 3. The summed E-state index contributed by atoms with van der Waals surface area (Å²) in [5, 5.41) is 0. The molecule has 92 valence electrons. The number of anilines is 1. The molecular formula is C13H8BrF2NO. The molecule has 0 bridgehead atoms. The second-order valence-electron chi connectivity index (χ2n) is 3.70. The minimum Gasteiger partial charge on any atom is -0.399 e. The minimum atomic E-state index is -1.15. The lowest BCUT2D eigenvalue weighted by Gasteiger charge is -2.05. The Balaban J connectivity index is 2.51. The Morgan fingerprint density at radius 3 is 2.56 bits per heavy atom. The average molecular weight is 312 g/mol. The van der Waals surface area contributed by atoms with Crippen LogP contribution in [0.3, 0.4) is 0 Å². The molecule has 0 aromatic heterocycles. The van der Waals surface area contributed by atoms with E-state index in [1.807, 2.05) is 0 Å². The molecule has 0 aliphatic rings. The highest BCUT2D eigenvalue weighted by Gasteiger charge is 2.17. The van der Waals surface area contributed by atoms with Crippen molar-refractivity contribution < 1.29 is 13.6 Å². The van der Waals surface area contributed by atoms with E-state index in [9.17, 15) is 13.6 Å². The summed E-state index contributed by atoms with van der Waals surface area (Å²) in [5.41, 5.74) is 5.85. The Morgan fingerprint density at radius 1 is 1.17 bits per heavy atom. The quantitative estimate of drug-likeness (QED) is 0.681. The maximum Gasteiger partial charge on any atom is 0.196 e. The standard InChI is InChI=1S/C13H8BrF2NO/c14-8-4-7(5-9(17)6-8)13(18)10-2-1-3-11(15)12(10)16/h1-6H,17H2. The number of carbonyl (C=O) groups is 1. The monoisotopic (exact) mass is 311 g/mol. The van der Waals surface area contributed by atoms with Crippen LogP contribution in [-0.4, -0.2) is 5.78 Å². The third kappa shape index (κ3) is 2.41. The Bertz CT molecular complexity index is 608. The van der Waals surface area contributed by atoms with Gasteiger partial charge in [0, 0.05) is 15.7 Å². The topological polar surface area (TPSA) is 43.1 Å². The Labute approximate surface area is 111 Å². The van der Waals surface area contributed by atoms with Crippen LogP contribution in [0, 0.1) is 11.6 Å². The van der Waals surface area contributed by atoms with E-state index in [1.165, 1.54) is 24.3 Å². The molecule has 0 aliphatic carbocycles. The van der Waals surface area contributed by atoms with Crippen molar-refractivity contribution in [3.63, 3.8) is 0 Å². The van der Waals surface area contributed by atoms with E-state index in [1.54, 1.807) is 6.07 Å². The molecule has 18 heavy (non-hydrogen) atoms. The van der Waals surface area contributed by atoms with Crippen molar-refractivity contribution >= 4 is 27.4 Å². The fraction of sp³-hybridized carbons (Fsp3) is 0. The van der Waals surface area contributed by atoms with Gasteiger partial charge in [0.25, 0.3) is 0 Å². The minimum absolute atomic E-state index is 0.200. The normalized spacial score (nSPS) is 10.4. The van der Waals surface area contributed by atoms with Gasteiger partial charge < -0.3 is 5.73 Å². The van der Waals surface area contributed by atoms with E-state index in [-0.39, 0.29) is 11.1 Å². The summed E-state index contributed by atoms with van der Waals surface area (Å²) in [6.07, 6.45) is 0. The highest BCUT2D eigenvalue weighted by molar-refractivity contribution is 9.10. The van der Waals surface area contributed by atoms with Crippen molar-refractivity contribution in [3.8, 4) is 0 Å². The molecule has 2 nitrogen and oxygen atoms in total. The maximum absolute atomic E-state index is 13.5. The summed E-state index contributed by atoms with van der Waals surface area (Å²) in [4.78, 5) is 12.0. The maximum atomic E-state index is 13.5. The van der Waals surface area contributed by atoms with Crippen LogP contribution < -0.4 is 5.73 Å². The van der Waals surface area contributed by atoms with E-state index in [0.29, 0.717) is 10.2 Å². The molecule has 0 spiro atoms. The Kier molecular flexibility index (Phi) is 3.43. The number of rotatable bonds is 2. The Morgan fingerprint density at radius 2 is 1.89 bits per heavy atom. The largest absolute Gasteiger partial charge is 0.399 e. The predicted octanol–water partition coefficient (Wildman–Crippen LogP) is 3.54. The smallest absolute Gasteiger partial charge is 0.196 e. The van der Waals surface area contributed by atoms with E-state index < -0.39 is 17.4 Å². The van der Waals surface area contributed by atoms with Crippen LogP contribution in [0.1, 0.15) is 15.9 Å². The number of nitrogen functional groups attached to an aromatic ring is 1. The SMILES string of the molecule is Nc1cc(Br)cc(C(=O)c2cccc(F)c2F)c1. The molecule has 0 unspecified atom stereocenters. The summed E-state index contributed by atoms with van der Waals surface area (Å²) in [5.74, 6) is -2.81. The zero-order valence-corrected chi connectivity index (χ0v) is 10.7. The molecule has 0 heterocycles. The van der Waals surface area contributed by atoms with Crippen LogP contribution in [0.15, 0.2) is 40.9 Å². The molecule has 0 aliphatic heterocycles. The first-order valence-corrected chi connectivity index (χ1v) is 5.83. The van der Waals surface area contributed by atoms with E-state index >= 15 is 0 Å². The van der Waals surface area contributed by atoms with Gasteiger partial charge in [0.1, 0.15) is 0 Å². The van der Waals surface area contributed by atoms with Crippen LogP contribution >= 0.6 is 15.9 Å². The second-order valence-corrected chi connectivity index (χ2v) is 4.62. The molecule has 0 amide bonds. The number of hydrogen-bond donors (Lipinski definition) is 1. The van der Waals surface area contributed by atoms with Gasteiger partial charge in [-0.15, -0.1) is 0 Å². The van der Waals surface area contributed by atoms with Gasteiger partial charge in [-0.25, -0.2) is 8.78 Å². The summed E-state index contributed by atoms with van der Waals surface area (Å²) >= 11 is 3.19. The molecule has 0 atom stereocenters. The fourth-order valence-electron chi connectivity index (χ4n) is 1.58. The number of carbonyl (C=O) groups excluding carboxylic acids is 1. The molecule has 5 heteroatoms. The van der Waals surface area contributed by atoms with Crippen molar-refractivity contribution in [2.24, 2.45) is 0 Å². The zero-order valence-electron chi connectivity index (χ0n) is 9.08. The molecule has 2 rings (SSSR count). The predicted molar refractivity (Wildman–Crippen MR) is 68.3 cm³/mol. The van der Waals surface area contributed by atoms with Gasteiger partial charge in [0.05, 0.1) is 5.56 Å². The molecule has 0 radical (unpaired) electrons. The van der Waals surface area contributed by atoms with Gasteiger partial charge in [-0.05, 0) is 30.3 Å². The van der Waals surface area contributed by atoms with Crippen LogP contribution in [-0.2, 0) is 0 Å². The number of ketones is 1. The fourth-order valence-corrected chi connectivity index (χ4v) is 2.09. The van der Waals surface area contributed by atoms with Crippen LogP contribution in [0.4, 0.5) is 14.5 Å². The highest BCUT2D eigenvalue weighted by Crippen LogP contribution is 2.21. The molecule has 0 saturated heterocycles. The van der Waals surface area contributed by atoms with Crippen molar-refractivity contribution in [1.29, 1.82) is 0 Å². The number of benzene rings is 2. The van der Waals surface area contributed by atoms with Crippen LogP contribution in [0.25, 0.3) is 0 Å². The van der Waals surface area contributed by atoms with Gasteiger partial charge in [-0.1, -0.05) is 22.0 Å². The molecule has 2 aromatic carbocycles. The lowest BCUT2D eigenvalue weighted by Crippen LogP contribution is -2.06. The molecule has 0 fully saturated rings. The van der Waals surface area contributed by atoms with E-state index in [0.717, 1.165) is 6.07 Å². The van der Waals surface area contributed by atoms with Gasteiger partial charge in [0.15, 0.2) is 17.4 Å². The molecule has 0 saturated carbocycles. The van der Waals surface area contributed by atoms with E-state index in [4.69, 9.17) is 5.73 Å². The third-order valence-electron chi connectivity index (χ3n) is 2.38. The lowest BCUT2D eigenvalue weighted by molar-refractivity contribution is 0.103. The zero-order chi connectivity index (χ0) is 13.3. The highest BCUT2D eigenvalue weighted by atomic mass is 79.9. The van der Waals surface area contributed by atoms with Crippen molar-refractivity contribution in [2.45, 2.75) is 0 Å². The van der Waals surface area contributed by atoms with Crippen molar-refractivity contribution in [3.05, 3.63) is 63.6 Å². The van der Waals surface area contributed by atoms with Crippen LogP contribution in [0.2, 0.25) is 0 Å². The van der Waals surface area contributed by atoms with Gasteiger partial charge in [0.2, 0.25) is 0 Å². The summed E-state index contributed by atoms with van der Waals surface area (Å²) in [7, 11) is 0. The molecule has 2 N–H and O–H groups in total. The first kappa shape index (κ1) is 12.7. The van der Waals surface area contributed by atoms with Crippen molar-refractivity contribution in [1.82, 2.24) is 0 Å². The Hall–Kier alpha value is -1.75. The van der Waals surface area contributed by atoms with Crippen LogP contribution in [0.5, 0.6) is 0 Å². The summed E-state index contributed by atoms with van der Waals surface area (Å²) in [6, 6.07) is 8.01. The summed E-state index contributed by atoms with van der Waals surface area (Å²) < 4.78 is 27.2.